The summed E-state index contributed by atoms with van der Waals surface area (Å²) in [4.78, 5) is 10.1. The van der Waals surface area contributed by atoms with E-state index in [2.05, 4.69) is 188 Å². The first-order valence-electron chi connectivity index (χ1n) is 20.1. The number of benzene rings is 6. The molecule has 0 saturated carbocycles. The number of allylic oxidation sites excluding steroid dienone is 4. The fraction of sp³-hybridized carbons (Fsp3) is 0.111. The van der Waals surface area contributed by atoms with Crippen molar-refractivity contribution in [1.29, 1.82) is 0 Å². The van der Waals surface area contributed by atoms with Gasteiger partial charge in [-0.05, 0) is 91.4 Å². The van der Waals surface area contributed by atoms with Gasteiger partial charge in [0, 0.05) is 45.2 Å². The van der Waals surface area contributed by atoms with Crippen LogP contribution >= 0.6 is 0 Å². The van der Waals surface area contributed by atoms with Gasteiger partial charge in [-0.2, -0.15) is 0 Å². The minimum absolute atomic E-state index is 0.658. The summed E-state index contributed by atoms with van der Waals surface area (Å²) in [5.41, 5.74) is 15.0. The second-order valence-corrected chi connectivity index (χ2v) is 14.6. The molecule has 0 amide bonds. The van der Waals surface area contributed by atoms with Crippen molar-refractivity contribution in [3.05, 3.63) is 197 Å². The summed E-state index contributed by atoms with van der Waals surface area (Å²) in [5.74, 6) is 3.90. The van der Waals surface area contributed by atoms with Gasteiger partial charge < -0.3 is 9.13 Å². The van der Waals surface area contributed by atoms with Crippen molar-refractivity contribution in [3.8, 4) is 34.8 Å². The molecule has 0 aliphatic carbocycles. The zero-order valence-corrected chi connectivity index (χ0v) is 33.2. The Balaban J connectivity index is 1.26. The topological polar surface area (TPSA) is 34.6 Å². The lowest BCUT2D eigenvalue weighted by Crippen LogP contribution is -2.07. The fourth-order valence-electron chi connectivity index (χ4n) is 8.59. The highest BCUT2D eigenvalue weighted by molar-refractivity contribution is 6.20. The van der Waals surface area contributed by atoms with Crippen molar-refractivity contribution < 1.29 is 0 Å². The third-order valence-electron chi connectivity index (χ3n) is 11.2. The van der Waals surface area contributed by atoms with Gasteiger partial charge in [0.2, 0.25) is 0 Å². The monoisotopic (exact) mass is 748 g/mol. The fourth-order valence-corrected chi connectivity index (χ4v) is 8.59. The van der Waals surface area contributed by atoms with E-state index < -0.39 is 0 Å². The van der Waals surface area contributed by atoms with E-state index in [1.165, 1.54) is 32.9 Å². The average molecular weight is 749 g/mol. The zero-order chi connectivity index (χ0) is 39.6. The largest absolute Gasteiger partial charge is 0.308 e. The first-order valence-corrected chi connectivity index (χ1v) is 20.1. The lowest BCUT2D eigenvalue weighted by Gasteiger charge is -2.17. The Hall–Kier alpha value is -7.22. The molecule has 280 valence electrons. The van der Waals surface area contributed by atoms with Gasteiger partial charge in [0.15, 0.2) is 5.84 Å². The van der Waals surface area contributed by atoms with Crippen molar-refractivity contribution >= 4 is 50.3 Å². The van der Waals surface area contributed by atoms with Crippen LogP contribution in [0.3, 0.4) is 0 Å². The van der Waals surface area contributed by atoms with E-state index in [0.29, 0.717) is 6.54 Å². The Morgan fingerprint density at radius 2 is 1.48 bits per heavy atom. The number of amidine groups is 1. The number of aromatic nitrogens is 2. The van der Waals surface area contributed by atoms with E-state index in [0.717, 1.165) is 80.2 Å². The van der Waals surface area contributed by atoms with Crippen LogP contribution in [0.4, 0.5) is 0 Å². The standard InChI is InChI=1S/C54H44N4/c1-5-21-49-42(7-3)46-33-34-47-45-26-17-18-29-51(45)58(53(47)52(46)57(49)40-24-14-11-15-25-40)50-30-20-27-44(41(50)6-2)43-32-31-39(36-37(43)4)54-55-35-19-9-8-16-28-48(56-54)38-22-12-10-13-23-38/h2,5,8-18,20-34,36H,7,19,35H2,1,3-4H3/b9-8-,21-5-,28-16+,55-54?,56-48?. The predicted octanol–water partition coefficient (Wildman–Crippen LogP) is 13.0. The highest BCUT2D eigenvalue weighted by atomic mass is 15.1. The first-order chi connectivity index (χ1) is 28.6. The molecule has 0 spiro atoms. The number of aryl methyl sites for hydroxylation is 2. The lowest BCUT2D eigenvalue weighted by molar-refractivity contribution is 1.00. The van der Waals surface area contributed by atoms with Crippen LogP contribution < -0.4 is 0 Å². The van der Waals surface area contributed by atoms with Crippen LogP contribution in [0.2, 0.25) is 0 Å². The van der Waals surface area contributed by atoms with Gasteiger partial charge in [0.25, 0.3) is 0 Å². The first kappa shape index (κ1) is 36.4. The number of hydrogen-bond donors (Lipinski definition) is 0. The van der Waals surface area contributed by atoms with Gasteiger partial charge in [-0.3, -0.25) is 4.99 Å². The molecular formula is C54H44N4. The van der Waals surface area contributed by atoms with Crippen LogP contribution in [-0.4, -0.2) is 27.2 Å². The molecule has 6 aromatic carbocycles. The third-order valence-corrected chi connectivity index (χ3v) is 11.2. The number of terminal acetylenes is 1. The van der Waals surface area contributed by atoms with Gasteiger partial charge >= 0.3 is 0 Å². The molecule has 0 N–H and O–H groups in total. The van der Waals surface area contributed by atoms with E-state index in [1.807, 2.05) is 18.2 Å². The Morgan fingerprint density at radius 3 is 2.26 bits per heavy atom. The number of hydrogen-bond acceptors (Lipinski definition) is 2. The summed E-state index contributed by atoms with van der Waals surface area (Å²) in [5, 5.41) is 3.62. The molecule has 3 heterocycles. The summed E-state index contributed by atoms with van der Waals surface area (Å²) in [6.07, 6.45) is 21.1. The molecule has 58 heavy (non-hydrogen) atoms. The molecule has 1 aliphatic rings. The highest BCUT2D eigenvalue weighted by Crippen LogP contribution is 2.43. The maximum absolute atomic E-state index is 6.61. The Kier molecular flexibility index (Phi) is 9.88. The van der Waals surface area contributed by atoms with Gasteiger partial charge in [-0.25, -0.2) is 4.99 Å². The van der Waals surface area contributed by atoms with Gasteiger partial charge in [0.1, 0.15) is 0 Å². The summed E-state index contributed by atoms with van der Waals surface area (Å²) in [6, 6.07) is 47.3. The normalized spacial score (nSPS) is 14.4. The number of para-hydroxylation sites is 2. The van der Waals surface area contributed by atoms with E-state index in [1.54, 1.807) is 0 Å². The van der Waals surface area contributed by atoms with Crippen molar-refractivity contribution in [3.63, 3.8) is 0 Å². The number of nitrogens with zero attached hydrogens (tertiary/aromatic N) is 4. The van der Waals surface area contributed by atoms with Crippen LogP contribution in [-0.2, 0) is 6.42 Å². The van der Waals surface area contributed by atoms with Crippen LogP contribution in [0.5, 0.6) is 0 Å². The quantitative estimate of drug-likeness (QED) is 0.146. The SMILES string of the molecule is C#Cc1c(-c2ccc(C3=NCC/C=C\C=C\C(c4ccccc4)=N3)cc2C)cccc1-n1c2ccccc2c2ccc3c(CC)c(/C=C\C)n(-c4ccccc4)c3c21. The van der Waals surface area contributed by atoms with Crippen molar-refractivity contribution in [2.45, 2.75) is 33.6 Å². The Bertz CT molecular complexity index is 3050. The Morgan fingerprint density at radius 1 is 0.724 bits per heavy atom. The summed E-state index contributed by atoms with van der Waals surface area (Å²) < 4.78 is 4.85. The smallest absolute Gasteiger partial charge is 0.155 e. The summed E-state index contributed by atoms with van der Waals surface area (Å²) >= 11 is 0. The molecule has 0 unspecified atom stereocenters. The number of rotatable bonds is 7. The summed E-state index contributed by atoms with van der Waals surface area (Å²) in [6.45, 7) is 7.16. The maximum Gasteiger partial charge on any atom is 0.155 e. The molecular weight excluding hydrogens is 705 g/mol. The lowest BCUT2D eigenvalue weighted by atomic mass is 9.93. The highest BCUT2D eigenvalue weighted by Gasteiger charge is 2.24. The minimum Gasteiger partial charge on any atom is -0.308 e. The molecule has 0 fully saturated rings. The molecule has 8 aromatic rings. The Labute approximate surface area is 340 Å². The molecule has 9 rings (SSSR count). The number of aliphatic imine (C=N–C) groups is 2. The average Bonchev–Trinajstić information content (AvgIpc) is 3.78. The minimum atomic E-state index is 0.658. The van der Waals surface area contributed by atoms with E-state index in [4.69, 9.17) is 16.4 Å². The van der Waals surface area contributed by atoms with Crippen LogP contribution in [0.25, 0.3) is 61.3 Å². The van der Waals surface area contributed by atoms with E-state index in [-0.39, 0.29) is 0 Å². The van der Waals surface area contributed by atoms with Crippen molar-refractivity contribution in [2.75, 3.05) is 6.54 Å². The van der Waals surface area contributed by atoms with E-state index in [9.17, 15) is 0 Å². The maximum atomic E-state index is 6.61. The van der Waals surface area contributed by atoms with Crippen LogP contribution in [0.15, 0.2) is 174 Å². The van der Waals surface area contributed by atoms with Crippen LogP contribution in [0.1, 0.15) is 53.8 Å². The second-order valence-electron chi connectivity index (χ2n) is 14.6. The molecule has 1 aliphatic heterocycles. The second kappa shape index (κ2) is 15.7. The molecule has 0 saturated heterocycles. The van der Waals surface area contributed by atoms with Gasteiger partial charge in [-0.1, -0.05) is 140 Å². The molecule has 4 nitrogen and oxygen atoms in total. The number of fused-ring (bicyclic) bond motifs is 5. The zero-order valence-electron chi connectivity index (χ0n) is 33.2. The van der Waals surface area contributed by atoms with Crippen molar-refractivity contribution in [1.82, 2.24) is 9.13 Å². The molecule has 0 bridgehead atoms. The molecule has 0 radical (unpaired) electrons. The van der Waals surface area contributed by atoms with E-state index >= 15 is 0 Å². The third kappa shape index (κ3) is 6.32. The van der Waals surface area contributed by atoms with Crippen molar-refractivity contribution in [2.24, 2.45) is 9.98 Å². The molecule has 2 aromatic heterocycles. The van der Waals surface area contributed by atoms with Crippen LogP contribution in [0, 0.1) is 19.3 Å². The molecule has 0 atom stereocenters. The summed E-state index contributed by atoms with van der Waals surface area (Å²) in [7, 11) is 0. The van der Waals surface area contributed by atoms with Gasteiger partial charge in [0.05, 0.1) is 33.5 Å². The van der Waals surface area contributed by atoms with Gasteiger partial charge in [-0.15, -0.1) is 6.42 Å². The predicted molar refractivity (Wildman–Crippen MR) is 247 cm³/mol. The molecule has 4 heteroatoms.